The molecule has 2 aromatic carbocycles. The molecule has 0 aliphatic carbocycles. The molecule has 1 fully saturated rings. The van der Waals surface area contributed by atoms with E-state index in [1.807, 2.05) is 0 Å². The number of hydrogen-bond acceptors (Lipinski definition) is 4. The molecule has 0 bridgehead atoms. The number of carbonyl (C=O) groups is 2. The number of nitrogens with two attached hydrogens (primary N) is 1. The number of rotatable bonds is 4. The highest BCUT2D eigenvalue weighted by atomic mass is 19.1. The fourth-order valence-corrected chi connectivity index (χ4v) is 3.44. The van der Waals surface area contributed by atoms with Gasteiger partial charge in [-0.2, -0.15) is 5.10 Å². The normalized spacial score (nSPS) is 16.8. The number of nitrogens with one attached hydrogen (secondary N) is 2. The molecule has 1 aliphatic heterocycles. The molecule has 2 heterocycles. The van der Waals surface area contributed by atoms with Gasteiger partial charge in [-0.05, 0) is 55.8 Å². The average molecular weight is 381 g/mol. The van der Waals surface area contributed by atoms with E-state index in [0.29, 0.717) is 28.8 Å². The second-order valence-electron chi connectivity index (χ2n) is 6.91. The second-order valence-corrected chi connectivity index (χ2v) is 6.91. The third-order valence-electron chi connectivity index (χ3n) is 4.91. The molecule has 7 nitrogen and oxygen atoms in total. The van der Waals surface area contributed by atoms with Gasteiger partial charge in [-0.25, -0.2) is 9.07 Å². The number of aromatic nitrogens is 2. The number of primary amides is 1. The van der Waals surface area contributed by atoms with E-state index in [1.54, 1.807) is 35.1 Å². The Bertz CT molecular complexity index is 1040. The summed E-state index contributed by atoms with van der Waals surface area (Å²) in [5.74, 6) is -1.29. The number of halogens is 1. The quantitative estimate of drug-likeness (QED) is 0.645. The lowest BCUT2D eigenvalue weighted by Crippen LogP contribution is -2.37. The predicted molar refractivity (Wildman–Crippen MR) is 104 cm³/mol. The van der Waals surface area contributed by atoms with Crippen molar-refractivity contribution in [2.24, 2.45) is 11.7 Å². The third kappa shape index (κ3) is 3.59. The van der Waals surface area contributed by atoms with Gasteiger partial charge >= 0.3 is 0 Å². The van der Waals surface area contributed by atoms with Crippen LogP contribution in [0.3, 0.4) is 0 Å². The van der Waals surface area contributed by atoms with Crippen LogP contribution in [-0.4, -0.2) is 34.7 Å². The van der Waals surface area contributed by atoms with E-state index in [1.165, 1.54) is 6.07 Å². The molecule has 1 atom stereocenters. The number of fused-ring (bicyclic) bond motifs is 1. The smallest absolute Gasteiger partial charge is 0.251 e. The Morgan fingerprint density at radius 3 is 2.71 bits per heavy atom. The van der Waals surface area contributed by atoms with Crippen LogP contribution in [0.4, 0.5) is 10.1 Å². The number of carbonyl (C=O) groups excluding carboxylic acids is 2. The van der Waals surface area contributed by atoms with Gasteiger partial charge in [-0.1, -0.05) is 0 Å². The van der Waals surface area contributed by atoms with Gasteiger partial charge in [-0.3, -0.25) is 9.59 Å². The van der Waals surface area contributed by atoms with Gasteiger partial charge in [0.2, 0.25) is 5.91 Å². The molecular formula is C20H20FN5O2. The van der Waals surface area contributed by atoms with Crippen molar-refractivity contribution in [1.82, 2.24) is 15.1 Å². The number of anilines is 1. The molecule has 144 valence electrons. The monoisotopic (exact) mass is 381 g/mol. The van der Waals surface area contributed by atoms with E-state index in [0.717, 1.165) is 25.5 Å². The number of benzene rings is 2. The number of nitrogens with zero attached hydrogens (tertiary/aromatic N) is 2. The van der Waals surface area contributed by atoms with Crippen molar-refractivity contribution >= 4 is 28.4 Å². The standard InChI is InChI=1S/C20H20FN5O2/c21-14-8-13-11-26(25-18(13)17(9-14)19(22)27)16-5-3-15(4-6-16)24-20(28)12-2-1-7-23-10-12/h3-6,8-9,11-12,23H,1-2,7,10H2,(H2,22,27)(H,24,28). The van der Waals surface area contributed by atoms with Crippen molar-refractivity contribution < 1.29 is 14.0 Å². The molecule has 1 aliphatic rings. The first-order valence-electron chi connectivity index (χ1n) is 9.12. The molecule has 0 spiro atoms. The second kappa shape index (κ2) is 7.40. The molecule has 28 heavy (non-hydrogen) atoms. The first-order chi connectivity index (χ1) is 13.5. The molecule has 3 aromatic rings. The fourth-order valence-electron chi connectivity index (χ4n) is 3.44. The van der Waals surface area contributed by atoms with Gasteiger partial charge in [0, 0.05) is 23.8 Å². The summed E-state index contributed by atoms with van der Waals surface area (Å²) < 4.78 is 15.3. The maximum atomic E-state index is 13.7. The summed E-state index contributed by atoms with van der Waals surface area (Å²) in [5.41, 5.74) is 7.12. The first-order valence-corrected chi connectivity index (χ1v) is 9.12. The molecule has 1 saturated heterocycles. The van der Waals surface area contributed by atoms with E-state index < -0.39 is 11.7 Å². The van der Waals surface area contributed by atoms with Crippen LogP contribution in [-0.2, 0) is 4.79 Å². The topological polar surface area (TPSA) is 102 Å². The Balaban J connectivity index is 1.56. The molecular weight excluding hydrogens is 361 g/mol. The molecule has 2 amide bonds. The zero-order chi connectivity index (χ0) is 19.7. The Labute approximate surface area is 160 Å². The maximum absolute atomic E-state index is 13.7. The van der Waals surface area contributed by atoms with E-state index in [-0.39, 0.29) is 17.4 Å². The predicted octanol–water partition coefficient (Wildman–Crippen LogP) is 2.20. The molecule has 0 saturated carbocycles. The van der Waals surface area contributed by atoms with Crippen molar-refractivity contribution in [3.63, 3.8) is 0 Å². The summed E-state index contributed by atoms with van der Waals surface area (Å²) in [5, 5.41) is 11.0. The highest BCUT2D eigenvalue weighted by molar-refractivity contribution is 6.04. The minimum absolute atomic E-state index is 0.00588. The number of amides is 2. The summed E-state index contributed by atoms with van der Waals surface area (Å²) in [7, 11) is 0. The lowest BCUT2D eigenvalue weighted by Gasteiger charge is -2.21. The minimum atomic E-state index is -0.731. The highest BCUT2D eigenvalue weighted by Crippen LogP contribution is 2.22. The van der Waals surface area contributed by atoms with E-state index in [4.69, 9.17) is 5.73 Å². The molecule has 0 radical (unpaired) electrons. The lowest BCUT2D eigenvalue weighted by atomic mass is 9.99. The van der Waals surface area contributed by atoms with Crippen LogP contribution in [0.2, 0.25) is 0 Å². The summed E-state index contributed by atoms with van der Waals surface area (Å²) >= 11 is 0. The summed E-state index contributed by atoms with van der Waals surface area (Å²) in [6.45, 7) is 1.65. The van der Waals surface area contributed by atoms with Gasteiger partial charge in [0.05, 0.1) is 17.2 Å². The lowest BCUT2D eigenvalue weighted by molar-refractivity contribution is -0.120. The van der Waals surface area contributed by atoms with Crippen molar-refractivity contribution in [2.75, 3.05) is 18.4 Å². The van der Waals surface area contributed by atoms with Crippen molar-refractivity contribution in [3.8, 4) is 5.69 Å². The SMILES string of the molecule is NC(=O)c1cc(F)cc2cn(-c3ccc(NC(=O)C4CCCNC4)cc3)nc12. The van der Waals surface area contributed by atoms with Crippen LogP contribution < -0.4 is 16.4 Å². The summed E-state index contributed by atoms with van der Waals surface area (Å²) in [4.78, 5) is 23.9. The zero-order valence-corrected chi connectivity index (χ0v) is 15.1. The minimum Gasteiger partial charge on any atom is -0.366 e. The maximum Gasteiger partial charge on any atom is 0.251 e. The summed E-state index contributed by atoms with van der Waals surface area (Å²) in [6.07, 6.45) is 3.51. The Morgan fingerprint density at radius 2 is 2.04 bits per heavy atom. The molecule has 4 rings (SSSR count). The van der Waals surface area contributed by atoms with Crippen molar-refractivity contribution in [2.45, 2.75) is 12.8 Å². The van der Waals surface area contributed by atoms with Gasteiger partial charge < -0.3 is 16.4 Å². The van der Waals surface area contributed by atoms with Gasteiger partial charge in [0.1, 0.15) is 11.3 Å². The average Bonchev–Trinajstić information content (AvgIpc) is 3.12. The Morgan fingerprint density at radius 1 is 1.25 bits per heavy atom. The zero-order valence-electron chi connectivity index (χ0n) is 15.1. The largest absolute Gasteiger partial charge is 0.366 e. The Kier molecular flexibility index (Phi) is 4.79. The third-order valence-corrected chi connectivity index (χ3v) is 4.91. The van der Waals surface area contributed by atoms with Crippen LogP contribution in [0, 0.1) is 11.7 Å². The van der Waals surface area contributed by atoms with E-state index in [9.17, 15) is 14.0 Å². The van der Waals surface area contributed by atoms with Gasteiger partial charge in [-0.15, -0.1) is 0 Å². The van der Waals surface area contributed by atoms with Crippen LogP contribution in [0.25, 0.3) is 16.6 Å². The van der Waals surface area contributed by atoms with Gasteiger partial charge in [0.15, 0.2) is 0 Å². The van der Waals surface area contributed by atoms with Crippen molar-refractivity contribution in [1.29, 1.82) is 0 Å². The van der Waals surface area contributed by atoms with E-state index >= 15 is 0 Å². The highest BCUT2D eigenvalue weighted by Gasteiger charge is 2.21. The fraction of sp³-hybridized carbons (Fsp3) is 0.250. The summed E-state index contributed by atoms with van der Waals surface area (Å²) in [6, 6.07) is 9.54. The van der Waals surface area contributed by atoms with Crippen LogP contribution in [0.1, 0.15) is 23.2 Å². The first kappa shape index (κ1) is 18.1. The molecule has 8 heteroatoms. The Hall–Kier alpha value is -3.26. The van der Waals surface area contributed by atoms with Gasteiger partial charge in [0.25, 0.3) is 5.91 Å². The van der Waals surface area contributed by atoms with E-state index in [2.05, 4.69) is 15.7 Å². The van der Waals surface area contributed by atoms with Crippen LogP contribution >= 0.6 is 0 Å². The molecule has 1 aromatic heterocycles. The van der Waals surface area contributed by atoms with Crippen LogP contribution in [0.5, 0.6) is 0 Å². The van der Waals surface area contributed by atoms with Crippen LogP contribution in [0.15, 0.2) is 42.6 Å². The molecule has 1 unspecified atom stereocenters. The number of hydrogen-bond donors (Lipinski definition) is 3. The number of piperidine rings is 1. The molecule has 4 N–H and O–H groups in total. The van der Waals surface area contributed by atoms with Crippen molar-refractivity contribution in [3.05, 3.63) is 54.0 Å².